The van der Waals surface area contributed by atoms with E-state index in [0.717, 1.165) is 11.1 Å². The number of allylic oxidation sites excluding steroid dienone is 3. The summed E-state index contributed by atoms with van der Waals surface area (Å²) in [6.45, 7) is 6.34. The molecule has 4 atom stereocenters. The Morgan fingerprint density at radius 1 is 1.13 bits per heavy atom. The van der Waals surface area contributed by atoms with Gasteiger partial charge in [0.2, 0.25) is 12.6 Å². The maximum absolute atomic E-state index is 13.6. The first-order valence-electron chi connectivity index (χ1n) is 10.5. The number of benzene rings is 2. The van der Waals surface area contributed by atoms with Crippen LogP contribution in [0.5, 0.6) is 11.5 Å². The fourth-order valence-electron chi connectivity index (χ4n) is 5.45. The van der Waals surface area contributed by atoms with Gasteiger partial charge in [0.25, 0.3) is 0 Å². The summed E-state index contributed by atoms with van der Waals surface area (Å²) in [5.74, 6) is 0.764. The van der Waals surface area contributed by atoms with E-state index in [1.54, 1.807) is 6.08 Å². The molecule has 2 aromatic carbocycles. The lowest BCUT2D eigenvalue weighted by atomic mass is 9.41. The number of carbonyl (C=O) groups excluding carboxylic acids is 2. The van der Waals surface area contributed by atoms with Gasteiger partial charge in [0, 0.05) is 12.0 Å². The Labute approximate surface area is 181 Å². The van der Waals surface area contributed by atoms with Crippen molar-refractivity contribution in [2.75, 3.05) is 6.79 Å². The van der Waals surface area contributed by atoms with Gasteiger partial charge in [-0.3, -0.25) is 9.59 Å². The summed E-state index contributed by atoms with van der Waals surface area (Å²) in [7, 11) is 0. The van der Waals surface area contributed by atoms with Crippen molar-refractivity contribution in [3.8, 4) is 11.5 Å². The zero-order valence-electron chi connectivity index (χ0n) is 17.4. The van der Waals surface area contributed by atoms with Gasteiger partial charge in [-0.05, 0) is 41.5 Å². The highest BCUT2D eigenvalue weighted by Crippen LogP contribution is 2.65. The molecule has 0 saturated heterocycles. The van der Waals surface area contributed by atoms with Crippen molar-refractivity contribution in [2.24, 2.45) is 17.3 Å². The Hall–Kier alpha value is -3.34. The van der Waals surface area contributed by atoms with Crippen molar-refractivity contribution in [1.29, 1.82) is 0 Å². The van der Waals surface area contributed by atoms with Crippen LogP contribution in [-0.2, 0) is 20.9 Å². The van der Waals surface area contributed by atoms with Crippen LogP contribution in [0.1, 0.15) is 30.4 Å². The molecular weight excluding hydrogens is 392 g/mol. The maximum atomic E-state index is 13.6. The second kappa shape index (κ2) is 7.41. The van der Waals surface area contributed by atoms with Gasteiger partial charge < -0.3 is 14.2 Å². The Balaban J connectivity index is 1.48. The van der Waals surface area contributed by atoms with Crippen molar-refractivity contribution < 1.29 is 23.8 Å². The van der Waals surface area contributed by atoms with Gasteiger partial charge in [-0.25, -0.2) is 0 Å². The second-order valence-corrected chi connectivity index (χ2v) is 8.45. The van der Waals surface area contributed by atoms with Crippen molar-refractivity contribution in [3.05, 3.63) is 84.1 Å². The lowest BCUT2D eigenvalue weighted by Crippen LogP contribution is -2.63. The highest BCUT2D eigenvalue weighted by Gasteiger charge is 2.67. The number of fused-ring (bicyclic) bond motifs is 2. The Morgan fingerprint density at radius 3 is 2.68 bits per heavy atom. The number of hydrogen-bond donors (Lipinski definition) is 0. The van der Waals surface area contributed by atoms with Gasteiger partial charge in [-0.15, -0.1) is 6.58 Å². The molecule has 3 aliphatic rings. The van der Waals surface area contributed by atoms with Crippen LogP contribution in [0.2, 0.25) is 0 Å². The molecule has 1 aliphatic heterocycles. The first kappa shape index (κ1) is 19.6. The smallest absolute Gasteiger partial charge is 0.231 e. The molecule has 5 heteroatoms. The predicted molar refractivity (Wildman–Crippen MR) is 115 cm³/mol. The van der Waals surface area contributed by atoms with E-state index >= 15 is 0 Å². The molecule has 0 radical (unpaired) electrons. The number of Topliss-reactive ketones (excluding diaryl/α,β-unsaturated/α-hetero) is 1. The number of ketones is 2. The topological polar surface area (TPSA) is 61.8 Å². The minimum atomic E-state index is -0.764. The van der Waals surface area contributed by atoms with Crippen LogP contribution in [0.25, 0.3) is 0 Å². The number of carbonyl (C=O) groups is 2. The predicted octanol–water partition coefficient (Wildman–Crippen LogP) is 4.58. The largest absolute Gasteiger partial charge is 0.485 e. The molecule has 0 aromatic heterocycles. The molecule has 0 amide bonds. The molecule has 5 rings (SSSR count). The van der Waals surface area contributed by atoms with E-state index in [1.807, 2.05) is 55.5 Å². The third kappa shape index (κ3) is 2.91. The second-order valence-electron chi connectivity index (χ2n) is 8.45. The van der Waals surface area contributed by atoms with E-state index in [1.165, 1.54) is 6.08 Å². The quantitative estimate of drug-likeness (QED) is 0.645. The summed E-state index contributed by atoms with van der Waals surface area (Å²) in [6.07, 6.45) is 3.61. The Kier molecular flexibility index (Phi) is 4.69. The number of ether oxygens (including phenoxy) is 3. The standard InChI is InChI=1S/C26H24O5/c1-3-11-26-16(2)23(18-9-10-19-20(12-18)31-15-30-19)24(26)25(28)21(13-22(26)27)29-14-17-7-5-4-6-8-17/h3-10,12-13,16,23-24H,1,11,14-15H2,2H3/t16-,23+,24-,26+/m1/s1. The SMILES string of the molecule is C=CC[C@]12C(=O)C=C(OCc3ccccc3)C(=O)[C@H]1[C@H](c1ccc3c(c1)OCO3)[C@H]2C. The van der Waals surface area contributed by atoms with Crippen LogP contribution in [0, 0.1) is 17.3 Å². The zero-order chi connectivity index (χ0) is 21.6. The lowest BCUT2D eigenvalue weighted by Gasteiger charge is -2.59. The summed E-state index contributed by atoms with van der Waals surface area (Å²) >= 11 is 0. The minimum Gasteiger partial charge on any atom is -0.485 e. The summed E-state index contributed by atoms with van der Waals surface area (Å²) < 4.78 is 16.8. The summed E-state index contributed by atoms with van der Waals surface area (Å²) in [5, 5.41) is 0. The molecule has 158 valence electrons. The molecule has 2 aliphatic carbocycles. The van der Waals surface area contributed by atoms with Gasteiger partial charge in [0.1, 0.15) is 6.61 Å². The molecule has 5 nitrogen and oxygen atoms in total. The number of rotatable bonds is 6. The molecule has 0 unspecified atom stereocenters. The van der Waals surface area contributed by atoms with Crippen LogP contribution in [0.3, 0.4) is 0 Å². The molecule has 0 N–H and O–H groups in total. The first-order chi connectivity index (χ1) is 15.1. The average Bonchev–Trinajstić information content (AvgIpc) is 3.25. The van der Waals surface area contributed by atoms with Crippen LogP contribution < -0.4 is 9.47 Å². The van der Waals surface area contributed by atoms with E-state index in [9.17, 15) is 9.59 Å². The molecule has 0 bridgehead atoms. The molecule has 31 heavy (non-hydrogen) atoms. The van der Waals surface area contributed by atoms with E-state index in [4.69, 9.17) is 14.2 Å². The first-order valence-corrected chi connectivity index (χ1v) is 10.5. The lowest BCUT2D eigenvalue weighted by molar-refractivity contribution is -0.162. The summed E-state index contributed by atoms with van der Waals surface area (Å²) in [6, 6.07) is 15.4. The van der Waals surface area contributed by atoms with Gasteiger partial charge in [0.15, 0.2) is 23.0 Å². The fraction of sp³-hybridized carbons (Fsp3) is 0.308. The van der Waals surface area contributed by atoms with Crippen molar-refractivity contribution in [3.63, 3.8) is 0 Å². The normalized spacial score (nSPS) is 28.4. The van der Waals surface area contributed by atoms with Crippen LogP contribution in [0.15, 0.2) is 73.0 Å². The van der Waals surface area contributed by atoms with Gasteiger partial charge in [-0.1, -0.05) is 49.4 Å². The zero-order valence-corrected chi connectivity index (χ0v) is 17.4. The summed E-state index contributed by atoms with van der Waals surface area (Å²) in [5.41, 5.74) is 1.16. The maximum Gasteiger partial charge on any atom is 0.231 e. The van der Waals surface area contributed by atoms with Crippen LogP contribution in [0.4, 0.5) is 0 Å². The van der Waals surface area contributed by atoms with Gasteiger partial charge in [-0.2, -0.15) is 0 Å². The number of hydrogen-bond acceptors (Lipinski definition) is 5. The highest BCUT2D eigenvalue weighted by atomic mass is 16.7. The molecule has 2 aromatic rings. The third-order valence-electron chi connectivity index (χ3n) is 7.01. The highest BCUT2D eigenvalue weighted by molar-refractivity contribution is 6.13. The van der Waals surface area contributed by atoms with Crippen LogP contribution in [-0.4, -0.2) is 18.4 Å². The van der Waals surface area contributed by atoms with Gasteiger partial charge >= 0.3 is 0 Å². The average molecular weight is 416 g/mol. The van der Waals surface area contributed by atoms with Crippen molar-refractivity contribution >= 4 is 11.6 Å². The Morgan fingerprint density at radius 2 is 1.90 bits per heavy atom. The van der Waals surface area contributed by atoms with Crippen molar-refractivity contribution in [2.45, 2.75) is 25.9 Å². The van der Waals surface area contributed by atoms with E-state index in [-0.39, 0.29) is 42.6 Å². The molecule has 1 fully saturated rings. The Bertz CT molecular complexity index is 1090. The molecule has 1 saturated carbocycles. The third-order valence-corrected chi connectivity index (χ3v) is 7.01. The van der Waals surface area contributed by atoms with Crippen LogP contribution >= 0.6 is 0 Å². The molecule has 1 heterocycles. The minimum absolute atomic E-state index is 0.0146. The van der Waals surface area contributed by atoms with E-state index in [0.29, 0.717) is 17.9 Å². The van der Waals surface area contributed by atoms with E-state index in [2.05, 4.69) is 6.58 Å². The fourth-order valence-corrected chi connectivity index (χ4v) is 5.45. The van der Waals surface area contributed by atoms with Gasteiger partial charge in [0.05, 0.1) is 5.41 Å². The molecule has 0 spiro atoms. The summed E-state index contributed by atoms with van der Waals surface area (Å²) in [4.78, 5) is 26.9. The monoisotopic (exact) mass is 416 g/mol. The van der Waals surface area contributed by atoms with E-state index < -0.39 is 11.3 Å². The molecular formula is C26H24O5. The van der Waals surface area contributed by atoms with Crippen molar-refractivity contribution in [1.82, 2.24) is 0 Å².